The molecule has 0 aliphatic carbocycles. The van der Waals surface area contributed by atoms with Crippen LogP contribution in [-0.2, 0) is 23.9 Å². The summed E-state index contributed by atoms with van der Waals surface area (Å²) in [6, 6.07) is 0. The van der Waals surface area contributed by atoms with Gasteiger partial charge in [-0.15, -0.1) is 0 Å². The molecule has 0 aromatic heterocycles. The van der Waals surface area contributed by atoms with Crippen molar-refractivity contribution in [1.82, 2.24) is 0 Å². The summed E-state index contributed by atoms with van der Waals surface area (Å²) in [5, 5.41) is 0. The molecule has 0 rings (SSSR count). The Labute approximate surface area is 59.1 Å². The van der Waals surface area contributed by atoms with E-state index < -0.39 is 10.4 Å². The van der Waals surface area contributed by atoms with Crippen LogP contribution in [-0.4, -0.2) is 34.9 Å². The molecule has 0 aromatic rings. The molecule has 0 spiro atoms. The standard InChI is InChI=1S/Al.H2O4S.H2S.2H/c;1-5(2,3)4;;;/h;(H2,1,2,3,4);1H2;;/q+1;;;;/p-1. The fourth-order valence-electron chi connectivity index (χ4n) is 0. The zero-order valence-electron chi connectivity index (χ0n) is 3.57. The van der Waals surface area contributed by atoms with E-state index >= 15 is 0 Å². The number of hydrogen-bond donors (Lipinski definition) is 2. The molecule has 0 aromatic carbocycles. The molecule has 0 unspecified atom stereocenters. The summed E-state index contributed by atoms with van der Waals surface area (Å²) in [5.74, 6) is 0. The fraction of sp³-hybridized carbons (Fsp3) is 0. The predicted molar refractivity (Wildman–Crippen MR) is 31.5 cm³/mol. The first-order valence-corrected chi connectivity index (χ1v) is 2.10. The van der Waals surface area contributed by atoms with E-state index in [9.17, 15) is 0 Å². The third kappa shape index (κ3) is 269. The van der Waals surface area contributed by atoms with Crippen LogP contribution in [0.25, 0.3) is 0 Å². The number of thiol groups is 1. The van der Waals surface area contributed by atoms with Gasteiger partial charge >= 0.3 is 27.8 Å². The largest absolute Gasteiger partial charge is 0.813 e. The summed E-state index contributed by atoms with van der Waals surface area (Å²) in [5.41, 5.74) is 0. The molecule has 0 bridgehead atoms. The molecule has 0 atom stereocenters. The Kier molecular flexibility index (Phi) is 11.0. The van der Waals surface area contributed by atoms with Crippen LogP contribution in [0.3, 0.4) is 0 Å². The fourth-order valence-corrected chi connectivity index (χ4v) is 0. The molecular weight excluding hydrogens is 155 g/mol. The zero-order chi connectivity index (χ0) is 4.50. The van der Waals surface area contributed by atoms with Gasteiger partial charge in [0.05, 0.1) is 0 Å². The molecule has 7 heavy (non-hydrogen) atoms. The first-order chi connectivity index (χ1) is 2.00. The Morgan fingerprint density at radius 1 is 1.14 bits per heavy atom. The average Bonchev–Trinajstić information content (AvgIpc) is 0.722. The van der Waals surface area contributed by atoms with Gasteiger partial charge in [0.15, 0.2) is 0 Å². The summed E-state index contributed by atoms with van der Waals surface area (Å²) >= 11 is 0. The minimum Gasteiger partial charge on any atom is -0.813 e. The molecule has 0 heterocycles. The minimum absolute atomic E-state index is 0. The Morgan fingerprint density at radius 3 is 1.14 bits per heavy atom. The zero-order valence-corrected chi connectivity index (χ0v) is 7.28. The van der Waals surface area contributed by atoms with Crippen molar-refractivity contribution in [1.29, 1.82) is 0 Å². The third-order valence-corrected chi connectivity index (χ3v) is 0. The Hall–Kier alpha value is 0.752. The van der Waals surface area contributed by atoms with Crippen LogP contribution >= 0.6 is 0 Å². The van der Waals surface area contributed by atoms with Gasteiger partial charge in [-0.1, -0.05) is 0 Å². The number of rotatable bonds is 0. The van der Waals surface area contributed by atoms with Crippen LogP contribution in [0.1, 0.15) is 0 Å². The van der Waals surface area contributed by atoms with Crippen molar-refractivity contribution < 1.29 is 17.5 Å². The van der Waals surface area contributed by atoms with Crippen molar-refractivity contribution in [3.63, 3.8) is 0 Å². The Balaban J connectivity index is -0.0000000800. The SMILES string of the molecule is O=S(=O)(O)O.[AlH2+].[SH-]. The molecular formula is H5AlO4S2. The van der Waals surface area contributed by atoms with Crippen molar-refractivity contribution in [3.05, 3.63) is 0 Å². The van der Waals surface area contributed by atoms with E-state index in [1.165, 1.54) is 0 Å². The third-order valence-electron chi connectivity index (χ3n) is 0. The molecule has 0 amide bonds. The maximum atomic E-state index is 8.74. The van der Waals surface area contributed by atoms with E-state index in [-0.39, 0.29) is 30.9 Å². The van der Waals surface area contributed by atoms with E-state index in [1.807, 2.05) is 0 Å². The van der Waals surface area contributed by atoms with Crippen LogP contribution in [0.4, 0.5) is 0 Å². The summed E-state index contributed by atoms with van der Waals surface area (Å²) in [7, 11) is -4.67. The second-order valence-electron chi connectivity index (χ2n) is 0.448. The van der Waals surface area contributed by atoms with Crippen LogP contribution in [0.5, 0.6) is 0 Å². The van der Waals surface area contributed by atoms with Gasteiger partial charge in [0.2, 0.25) is 0 Å². The van der Waals surface area contributed by atoms with Crippen molar-refractivity contribution in [2.45, 2.75) is 0 Å². The smallest absolute Gasteiger partial charge is 0.813 e. The Morgan fingerprint density at radius 2 is 1.14 bits per heavy atom. The molecule has 0 saturated carbocycles. The molecule has 44 valence electrons. The van der Waals surface area contributed by atoms with E-state index in [0.29, 0.717) is 0 Å². The summed E-state index contributed by atoms with van der Waals surface area (Å²) < 4.78 is 31.6. The van der Waals surface area contributed by atoms with Gasteiger partial charge < -0.3 is 13.5 Å². The Bertz CT molecular complexity index is 92.9. The van der Waals surface area contributed by atoms with Gasteiger partial charge in [0, 0.05) is 0 Å². The van der Waals surface area contributed by atoms with Gasteiger partial charge in [-0.2, -0.15) is 8.42 Å². The maximum absolute atomic E-state index is 8.74. The summed E-state index contributed by atoms with van der Waals surface area (Å²) in [6.45, 7) is 0. The molecule has 0 fully saturated rings. The average molecular weight is 160 g/mol. The topological polar surface area (TPSA) is 74.6 Å². The predicted octanol–water partition coefficient (Wildman–Crippen LogP) is -1.84. The van der Waals surface area contributed by atoms with E-state index in [1.54, 1.807) is 0 Å². The minimum atomic E-state index is -4.67. The first-order valence-electron chi connectivity index (χ1n) is 0.698. The molecule has 7 heteroatoms. The first kappa shape index (κ1) is 15.7. The van der Waals surface area contributed by atoms with E-state index in [2.05, 4.69) is 0 Å². The molecule has 0 aliphatic rings. The second kappa shape index (κ2) is 4.90. The quantitative estimate of drug-likeness (QED) is 0.188. The van der Waals surface area contributed by atoms with Crippen LogP contribution in [0, 0.1) is 0 Å². The van der Waals surface area contributed by atoms with Crippen LogP contribution in [0.15, 0.2) is 0 Å². The molecule has 4 nitrogen and oxygen atoms in total. The molecule has 0 saturated heterocycles. The van der Waals surface area contributed by atoms with Gasteiger partial charge in [-0.05, 0) is 0 Å². The summed E-state index contributed by atoms with van der Waals surface area (Å²) in [4.78, 5) is 0. The normalized spacial score (nSPS) is 8.29. The molecule has 0 aliphatic heterocycles. The van der Waals surface area contributed by atoms with Gasteiger partial charge in [-0.25, -0.2) is 0 Å². The molecule has 2 N–H and O–H groups in total. The molecule has 0 radical (unpaired) electrons. The summed E-state index contributed by atoms with van der Waals surface area (Å²) in [6.07, 6.45) is 0. The maximum Gasteiger partial charge on any atom is -0.813 e. The monoisotopic (exact) mass is 160 g/mol. The van der Waals surface area contributed by atoms with Gasteiger partial charge in [0.1, 0.15) is 0 Å². The van der Waals surface area contributed by atoms with Crippen molar-refractivity contribution in [2.24, 2.45) is 0 Å². The van der Waals surface area contributed by atoms with Gasteiger partial charge in [0.25, 0.3) is 0 Å². The number of hydrogen-bond acceptors (Lipinski definition) is 3. The second-order valence-corrected chi connectivity index (χ2v) is 1.34. The van der Waals surface area contributed by atoms with Crippen LogP contribution in [0.2, 0.25) is 0 Å². The van der Waals surface area contributed by atoms with Crippen LogP contribution < -0.4 is 0 Å². The van der Waals surface area contributed by atoms with E-state index in [4.69, 9.17) is 17.5 Å². The van der Waals surface area contributed by atoms with Crippen molar-refractivity contribution in [3.8, 4) is 0 Å². The van der Waals surface area contributed by atoms with E-state index in [0.717, 1.165) is 0 Å². The van der Waals surface area contributed by atoms with Crippen molar-refractivity contribution >= 4 is 41.3 Å². The van der Waals surface area contributed by atoms with Gasteiger partial charge in [-0.3, -0.25) is 9.11 Å². The van der Waals surface area contributed by atoms with Crippen molar-refractivity contribution in [2.75, 3.05) is 0 Å².